The molecule has 7 rings (SSSR count). The van der Waals surface area contributed by atoms with E-state index in [9.17, 15) is 18.3 Å². The monoisotopic (exact) mass is 652 g/mol. The molecule has 2 heterocycles. The Labute approximate surface area is 272 Å². The van der Waals surface area contributed by atoms with E-state index in [4.69, 9.17) is 16.3 Å². The molecule has 2 N–H and O–H groups in total. The molecule has 242 valence electrons. The number of allylic oxidation sites excluding steroid dienone is 1. The smallest absolute Gasteiger partial charge is 0.264 e. The van der Waals surface area contributed by atoms with E-state index in [1.165, 1.54) is 11.1 Å². The minimum atomic E-state index is -3.94. The highest BCUT2D eigenvalue weighted by Gasteiger charge is 2.44. The van der Waals surface area contributed by atoms with Crippen LogP contribution in [0.1, 0.15) is 86.2 Å². The number of carbonyl (C=O) groups excluding carboxylic acids is 1. The van der Waals surface area contributed by atoms with Crippen molar-refractivity contribution in [3.05, 3.63) is 70.3 Å². The van der Waals surface area contributed by atoms with E-state index in [1.54, 1.807) is 6.07 Å². The maximum absolute atomic E-state index is 13.8. The molecule has 0 aromatic heterocycles. The summed E-state index contributed by atoms with van der Waals surface area (Å²) in [5.74, 6) is 0.694. The molecule has 2 aromatic carbocycles. The topological polar surface area (TPSA) is 95.9 Å². The molecular weight excluding hydrogens is 608 g/mol. The number of hydrogen-bond donors (Lipinski definition) is 2. The molecule has 0 radical (unpaired) electrons. The van der Waals surface area contributed by atoms with Gasteiger partial charge in [0.05, 0.1) is 23.6 Å². The molecule has 6 atom stereocenters. The molecular formula is C36H45ClN2O5S. The Hall–Kier alpha value is -2.55. The molecule has 0 saturated heterocycles. The van der Waals surface area contributed by atoms with Crippen molar-refractivity contribution >= 4 is 33.2 Å². The quantitative estimate of drug-likeness (QED) is 0.364. The second-order valence-corrected chi connectivity index (χ2v) is 16.8. The number of anilines is 1. The van der Waals surface area contributed by atoms with Crippen LogP contribution in [0, 0.1) is 23.7 Å². The van der Waals surface area contributed by atoms with E-state index in [1.807, 2.05) is 37.3 Å². The molecule has 9 heteroatoms. The summed E-state index contributed by atoms with van der Waals surface area (Å²) in [5, 5.41) is 11.4. The molecule has 1 amide bonds. The molecule has 3 aliphatic carbocycles. The number of carbonyl (C=O) groups is 1. The maximum Gasteiger partial charge on any atom is 0.264 e. The van der Waals surface area contributed by atoms with Crippen LogP contribution in [0.15, 0.2) is 48.6 Å². The number of aliphatic hydroxyl groups excluding tert-OH is 1. The normalized spacial score (nSPS) is 33.8. The standard InChI is InChI=1S/C36H45ClN2O5S/c1-23-5-2-9-32(40)29-13-10-27(29)20-39-21-36(16-4-8-25-18-28(37)12-14-30(25)36)22-44-33-15-11-26(19-31(33)39)35(41)38-45(42,43)34(23)17-24-6-3-7-24/h2,9,11-12,14-15,18-19,23-24,27,29,32,34,40H,3-8,10,13,16-17,20-22H2,1H3,(H,38,41)/b9-2+/t23-,27+,29-,32+,34+,36+/m1/s1. The number of hydrogen-bond acceptors (Lipinski definition) is 6. The van der Waals surface area contributed by atoms with Gasteiger partial charge < -0.3 is 14.7 Å². The summed E-state index contributed by atoms with van der Waals surface area (Å²) in [5.41, 5.74) is 3.38. The van der Waals surface area contributed by atoms with Gasteiger partial charge in [0, 0.05) is 29.1 Å². The number of amides is 1. The predicted molar refractivity (Wildman–Crippen MR) is 177 cm³/mol. The fourth-order valence-corrected chi connectivity index (χ4v) is 10.5. The van der Waals surface area contributed by atoms with Gasteiger partial charge in [0.2, 0.25) is 10.0 Å². The minimum Gasteiger partial charge on any atom is -0.490 e. The Morgan fingerprint density at radius 3 is 2.71 bits per heavy atom. The highest BCUT2D eigenvalue weighted by atomic mass is 35.5. The van der Waals surface area contributed by atoms with Gasteiger partial charge in [-0.25, -0.2) is 13.1 Å². The number of nitrogens with one attached hydrogen (secondary N) is 1. The first-order valence-electron chi connectivity index (χ1n) is 16.8. The van der Waals surface area contributed by atoms with Gasteiger partial charge in [-0.15, -0.1) is 0 Å². The van der Waals surface area contributed by atoms with Crippen LogP contribution >= 0.6 is 11.6 Å². The van der Waals surface area contributed by atoms with E-state index in [0.717, 1.165) is 68.6 Å². The van der Waals surface area contributed by atoms with Crippen molar-refractivity contribution in [2.24, 2.45) is 23.7 Å². The van der Waals surface area contributed by atoms with E-state index in [2.05, 4.69) is 21.8 Å². The predicted octanol–water partition coefficient (Wildman–Crippen LogP) is 6.41. The summed E-state index contributed by atoms with van der Waals surface area (Å²) >= 11 is 6.41. The molecule has 5 aliphatic rings. The van der Waals surface area contributed by atoms with Crippen LogP contribution in [0.5, 0.6) is 5.75 Å². The van der Waals surface area contributed by atoms with Crippen LogP contribution < -0.4 is 14.4 Å². The average Bonchev–Trinajstić information content (AvgIpc) is 3.10. The van der Waals surface area contributed by atoms with Gasteiger partial charge in [-0.05, 0) is 110 Å². The molecule has 0 unspecified atom stereocenters. The van der Waals surface area contributed by atoms with Crippen LogP contribution in [0.25, 0.3) is 0 Å². The lowest BCUT2D eigenvalue weighted by Gasteiger charge is -2.45. The second kappa shape index (κ2) is 12.2. The Morgan fingerprint density at radius 1 is 1.11 bits per heavy atom. The number of aliphatic hydroxyl groups is 1. The number of rotatable bonds is 2. The van der Waals surface area contributed by atoms with E-state index < -0.39 is 27.3 Å². The number of benzene rings is 2. The molecule has 7 nitrogen and oxygen atoms in total. The van der Waals surface area contributed by atoms with E-state index >= 15 is 0 Å². The van der Waals surface area contributed by atoms with Crippen LogP contribution in [0.4, 0.5) is 5.69 Å². The van der Waals surface area contributed by atoms with Gasteiger partial charge in [0.15, 0.2) is 0 Å². The largest absolute Gasteiger partial charge is 0.490 e. The van der Waals surface area contributed by atoms with Crippen molar-refractivity contribution in [3.8, 4) is 5.75 Å². The number of fused-ring (bicyclic) bond motifs is 4. The van der Waals surface area contributed by atoms with Crippen LogP contribution in [-0.2, 0) is 21.9 Å². The van der Waals surface area contributed by atoms with E-state index in [-0.39, 0.29) is 23.2 Å². The summed E-state index contributed by atoms with van der Waals surface area (Å²) in [6.45, 7) is 3.88. The Kier molecular flexibility index (Phi) is 8.45. The molecule has 2 fully saturated rings. The van der Waals surface area contributed by atoms with Crippen molar-refractivity contribution in [3.63, 3.8) is 0 Å². The molecule has 2 aromatic rings. The summed E-state index contributed by atoms with van der Waals surface area (Å²) < 4.78 is 36.6. The first-order valence-corrected chi connectivity index (χ1v) is 18.8. The first-order chi connectivity index (χ1) is 21.6. The molecule has 2 bridgehead atoms. The zero-order chi connectivity index (χ0) is 31.3. The fraction of sp³-hybridized carbons (Fsp3) is 0.583. The van der Waals surface area contributed by atoms with Gasteiger partial charge in [-0.3, -0.25) is 4.79 Å². The Morgan fingerprint density at radius 2 is 1.96 bits per heavy atom. The third kappa shape index (κ3) is 6.03. The molecule has 1 spiro atoms. The van der Waals surface area contributed by atoms with Gasteiger partial charge in [0.25, 0.3) is 5.91 Å². The Bertz CT molecular complexity index is 1590. The van der Waals surface area contributed by atoms with Gasteiger partial charge in [-0.2, -0.15) is 0 Å². The Balaban J connectivity index is 1.27. The lowest BCUT2D eigenvalue weighted by atomic mass is 9.68. The zero-order valence-electron chi connectivity index (χ0n) is 26.1. The van der Waals surface area contributed by atoms with Gasteiger partial charge in [-0.1, -0.05) is 56.0 Å². The maximum atomic E-state index is 13.8. The van der Waals surface area contributed by atoms with Crippen LogP contribution in [0.2, 0.25) is 5.02 Å². The van der Waals surface area contributed by atoms with Gasteiger partial charge >= 0.3 is 0 Å². The van der Waals surface area contributed by atoms with Gasteiger partial charge in [0.1, 0.15) is 5.75 Å². The third-order valence-electron chi connectivity index (χ3n) is 11.6. The highest BCUT2D eigenvalue weighted by Crippen LogP contribution is 2.47. The van der Waals surface area contributed by atoms with Crippen LogP contribution in [-0.4, -0.2) is 50.5 Å². The lowest BCUT2D eigenvalue weighted by Crippen LogP contribution is -2.49. The molecule has 45 heavy (non-hydrogen) atoms. The van der Waals surface area contributed by atoms with Crippen molar-refractivity contribution in [2.45, 2.75) is 87.9 Å². The van der Waals surface area contributed by atoms with Crippen molar-refractivity contribution in [2.75, 3.05) is 24.6 Å². The number of halogens is 1. The second-order valence-electron chi connectivity index (χ2n) is 14.5. The van der Waals surface area contributed by atoms with Crippen molar-refractivity contribution < 1.29 is 23.1 Å². The lowest BCUT2D eigenvalue weighted by molar-refractivity contribution is 0.0455. The summed E-state index contributed by atoms with van der Waals surface area (Å²) in [6, 6.07) is 11.5. The summed E-state index contributed by atoms with van der Waals surface area (Å²) in [4.78, 5) is 16.0. The number of nitrogens with zero attached hydrogens (tertiary/aromatic N) is 1. The fourth-order valence-electron chi connectivity index (χ4n) is 8.52. The number of sulfonamides is 1. The molecule has 2 saturated carbocycles. The summed E-state index contributed by atoms with van der Waals surface area (Å²) in [6.07, 6.45) is 12.5. The number of ether oxygens (including phenoxy) is 1. The zero-order valence-corrected chi connectivity index (χ0v) is 27.7. The SMILES string of the molecule is C[C@@H]1C/C=C/[C@H](O)[C@@H]2CC[C@H]2CN2C[C@@]3(CCCc4cc(Cl)ccc43)COc3ccc(cc32)C(=O)NS(=O)(=O)[C@H]1CC1CCC1. The van der Waals surface area contributed by atoms with Crippen LogP contribution in [0.3, 0.4) is 0 Å². The van der Waals surface area contributed by atoms with Crippen molar-refractivity contribution in [1.29, 1.82) is 0 Å². The van der Waals surface area contributed by atoms with E-state index in [0.29, 0.717) is 43.2 Å². The summed E-state index contributed by atoms with van der Waals surface area (Å²) in [7, 11) is -3.94. The third-order valence-corrected chi connectivity index (χ3v) is 13.7. The average molecular weight is 653 g/mol. The highest BCUT2D eigenvalue weighted by molar-refractivity contribution is 7.90. The minimum absolute atomic E-state index is 0.131. The first kappa shape index (κ1) is 31.1. The number of aryl methyl sites for hydroxylation is 1. The molecule has 2 aliphatic heterocycles. The van der Waals surface area contributed by atoms with Crippen molar-refractivity contribution in [1.82, 2.24) is 4.72 Å².